The fourth-order valence-corrected chi connectivity index (χ4v) is 1.63. The molecule has 0 aromatic rings. The molecule has 2 unspecified atom stereocenters. The predicted octanol–water partition coefficient (Wildman–Crippen LogP) is 1.81. The zero-order valence-corrected chi connectivity index (χ0v) is 7.87. The van der Waals surface area contributed by atoms with Crippen LogP contribution in [0.25, 0.3) is 0 Å². The fourth-order valence-electron chi connectivity index (χ4n) is 1.63. The number of hydrogen-bond donors (Lipinski definition) is 1. The zero-order valence-electron chi connectivity index (χ0n) is 7.87. The maximum Gasteiger partial charge on any atom is 0.306 e. The van der Waals surface area contributed by atoms with Crippen LogP contribution < -0.4 is 0 Å². The van der Waals surface area contributed by atoms with Crippen LogP contribution in [0.4, 0.5) is 0 Å². The number of aliphatic carboxylic acids is 1. The standard InChI is InChI=1S/C10H13NO2/c1-6(5-11)10(2,3)8-4-7(8)9(12)13/h7-8H,1,4H2,2-3H3,(H,12,13). The number of rotatable bonds is 3. The van der Waals surface area contributed by atoms with Crippen LogP contribution in [-0.2, 0) is 4.79 Å². The summed E-state index contributed by atoms with van der Waals surface area (Å²) in [4.78, 5) is 10.6. The maximum atomic E-state index is 10.6. The Bertz CT molecular complexity index is 299. The number of carboxylic acids is 1. The molecule has 0 aliphatic heterocycles. The van der Waals surface area contributed by atoms with Gasteiger partial charge in [0.2, 0.25) is 0 Å². The van der Waals surface area contributed by atoms with Crippen molar-refractivity contribution in [1.29, 1.82) is 5.26 Å². The number of carboxylic acid groups (broad SMARTS) is 1. The Morgan fingerprint density at radius 3 is 2.54 bits per heavy atom. The maximum absolute atomic E-state index is 10.6. The molecular weight excluding hydrogens is 166 g/mol. The monoisotopic (exact) mass is 179 g/mol. The molecule has 1 aliphatic carbocycles. The van der Waals surface area contributed by atoms with Gasteiger partial charge in [0.15, 0.2) is 0 Å². The number of nitriles is 1. The number of hydrogen-bond acceptors (Lipinski definition) is 2. The predicted molar refractivity (Wildman–Crippen MR) is 47.8 cm³/mol. The third kappa shape index (κ3) is 1.57. The first-order chi connectivity index (χ1) is 5.91. The summed E-state index contributed by atoms with van der Waals surface area (Å²) >= 11 is 0. The molecular formula is C10H13NO2. The van der Waals surface area contributed by atoms with Crippen LogP contribution in [0, 0.1) is 28.6 Å². The summed E-state index contributed by atoms with van der Waals surface area (Å²) in [7, 11) is 0. The van der Waals surface area contributed by atoms with E-state index in [0.29, 0.717) is 12.0 Å². The van der Waals surface area contributed by atoms with Crippen LogP contribution in [0.5, 0.6) is 0 Å². The molecule has 1 rings (SSSR count). The van der Waals surface area contributed by atoms with Gasteiger partial charge in [-0.2, -0.15) is 5.26 Å². The van der Waals surface area contributed by atoms with E-state index in [1.54, 1.807) is 0 Å². The molecule has 2 atom stereocenters. The first-order valence-corrected chi connectivity index (χ1v) is 4.23. The van der Waals surface area contributed by atoms with Gasteiger partial charge in [-0.3, -0.25) is 4.79 Å². The van der Waals surface area contributed by atoms with Gasteiger partial charge in [-0.1, -0.05) is 20.4 Å². The van der Waals surface area contributed by atoms with Gasteiger partial charge < -0.3 is 5.11 Å². The van der Waals surface area contributed by atoms with Crippen molar-refractivity contribution in [2.75, 3.05) is 0 Å². The van der Waals surface area contributed by atoms with Crippen LogP contribution in [-0.4, -0.2) is 11.1 Å². The quantitative estimate of drug-likeness (QED) is 0.672. The van der Waals surface area contributed by atoms with E-state index >= 15 is 0 Å². The lowest BCUT2D eigenvalue weighted by atomic mass is 9.80. The van der Waals surface area contributed by atoms with Crippen molar-refractivity contribution in [3.8, 4) is 6.07 Å². The van der Waals surface area contributed by atoms with Gasteiger partial charge in [0.25, 0.3) is 0 Å². The summed E-state index contributed by atoms with van der Waals surface area (Å²) in [5.74, 6) is -0.957. The Kier molecular flexibility index (Phi) is 2.17. The molecule has 70 valence electrons. The van der Waals surface area contributed by atoms with E-state index in [1.165, 1.54) is 0 Å². The van der Waals surface area contributed by atoms with Crippen LogP contribution in [0.1, 0.15) is 20.3 Å². The number of allylic oxidation sites excluding steroid dienone is 1. The van der Waals surface area contributed by atoms with E-state index in [2.05, 4.69) is 6.58 Å². The molecule has 0 heterocycles. The van der Waals surface area contributed by atoms with E-state index in [4.69, 9.17) is 10.4 Å². The van der Waals surface area contributed by atoms with Gasteiger partial charge in [-0.25, -0.2) is 0 Å². The normalized spacial score (nSPS) is 26.2. The van der Waals surface area contributed by atoms with Crippen molar-refractivity contribution in [3.05, 3.63) is 12.2 Å². The lowest BCUT2D eigenvalue weighted by Gasteiger charge is -2.22. The zero-order chi connectivity index (χ0) is 10.2. The molecule has 1 aliphatic rings. The van der Waals surface area contributed by atoms with Crippen LogP contribution in [0.3, 0.4) is 0 Å². The molecule has 3 heteroatoms. The Morgan fingerprint density at radius 2 is 2.23 bits per heavy atom. The minimum atomic E-state index is -0.760. The van der Waals surface area contributed by atoms with Crippen molar-refractivity contribution < 1.29 is 9.90 Å². The summed E-state index contributed by atoms with van der Waals surface area (Å²) < 4.78 is 0. The van der Waals surface area contributed by atoms with Crippen LogP contribution in [0.15, 0.2) is 12.2 Å². The average molecular weight is 179 g/mol. The lowest BCUT2D eigenvalue weighted by molar-refractivity contribution is -0.139. The second-order valence-corrected chi connectivity index (χ2v) is 4.10. The van der Waals surface area contributed by atoms with Crippen LogP contribution in [0.2, 0.25) is 0 Å². The fraction of sp³-hybridized carbons (Fsp3) is 0.600. The van der Waals surface area contributed by atoms with Crippen molar-refractivity contribution in [1.82, 2.24) is 0 Å². The second kappa shape index (κ2) is 2.88. The number of carbonyl (C=O) groups is 1. The largest absolute Gasteiger partial charge is 0.481 e. The molecule has 0 saturated heterocycles. The summed E-state index contributed by atoms with van der Waals surface area (Å²) in [6, 6.07) is 2.00. The second-order valence-electron chi connectivity index (χ2n) is 4.10. The van der Waals surface area contributed by atoms with Gasteiger partial charge in [0.1, 0.15) is 0 Å². The molecule has 0 spiro atoms. The third-order valence-corrected chi connectivity index (χ3v) is 2.95. The Morgan fingerprint density at radius 1 is 1.69 bits per heavy atom. The highest BCUT2D eigenvalue weighted by Crippen LogP contribution is 2.53. The minimum absolute atomic E-state index is 0.0807. The lowest BCUT2D eigenvalue weighted by Crippen LogP contribution is -2.19. The van der Waals surface area contributed by atoms with Crippen molar-refractivity contribution >= 4 is 5.97 Å². The van der Waals surface area contributed by atoms with E-state index in [9.17, 15) is 4.79 Å². The summed E-state index contributed by atoms with van der Waals surface area (Å²) in [6.07, 6.45) is 0.670. The van der Waals surface area contributed by atoms with Gasteiger partial charge in [0, 0.05) is 11.0 Å². The SMILES string of the molecule is C=C(C#N)C(C)(C)C1CC1C(=O)O. The highest BCUT2D eigenvalue weighted by atomic mass is 16.4. The molecule has 0 radical (unpaired) electrons. The summed E-state index contributed by atoms with van der Waals surface area (Å²) in [6.45, 7) is 7.41. The molecule has 0 aromatic heterocycles. The average Bonchev–Trinajstić information content (AvgIpc) is 2.81. The molecule has 0 bridgehead atoms. The molecule has 0 aromatic carbocycles. The summed E-state index contributed by atoms with van der Waals surface area (Å²) in [5, 5.41) is 17.4. The van der Waals surface area contributed by atoms with Gasteiger partial charge >= 0.3 is 5.97 Å². The summed E-state index contributed by atoms with van der Waals surface area (Å²) in [5.41, 5.74) is 0.110. The molecule has 3 nitrogen and oxygen atoms in total. The molecule has 1 saturated carbocycles. The van der Waals surface area contributed by atoms with Crippen LogP contribution >= 0.6 is 0 Å². The first-order valence-electron chi connectivity index (χ1n) is 4.23. The molecule has 13 heavy (non-hydrogen) atoms. The van der Waals surface area contributed by atoms with E-state index in [-0.39, 0.29) is 17.3 Å². The molecule has 1 fully saturated rings. The van der Waals surface area contributed by atoms with Gasteiger partial charge in [0.05, 0.1) is 12.0 Å². The van der Waals surface area contributed by atoms with Gasteiger partial charge in [-0.15, -0.1) is 0 Å². The first kappa shape index (κ1) is 9.79. The third-order valence-electron chi connectivity index (χ3n) is 2.95. The highest BCUT2D eigenvalue weighted by Gasteiger charge is 2.52. The van der Waals surface area contributed by atoms with Crippen molar-refractivity contribution in [2.45, 2.75) is 20.3 Å². The van der Waals surface area contributed by atoms with Crippen molar-refractivity contribution in [2.24, 2.45) is 17.3 Å². The van der Waals surface area contributed by atoms with Crippen molar-refractivity contribution in [3.63, 3.8) is 0 Å². The smallest absolute Gasteiger partial charge is 0.306 e. The minimum Gasteiger partial charge on any atom is -0.481 e. The molecule has 1 N–H and O–H groups in total. The van der Waals surface area contributed by atoms with E-state index in [0.717, 1.165) is 0 Å². The van der Waals surface area contributed by atoms with Gasteiger partial charge in [-0.05, 0) is 12.3 Å². The Balaban J connectivity index is 2.71. The Hall–Kier alpha value is -1.30. The highest BCUT2D eigenvalue weighted by molar-refractivity contribution is 5.73. The van der Waals surface area contributed by atoms with E-state index < -0.39 is 5.97 Å². The number of nitrogens with zero attached hydrogens (tertiary/aromatic N) is 1. The Labute approximate surface area is 77.7 Å². The topological polar surface area (TPSA) is 61.1 Å². The molecule has 0 amide bonds. The van der Waals surface area contributed by atoms with E-state index in [1.807, 2.05) is 19.9 Å².